The first-order valence-electron chi connectivity index (χ1n) is 9.51. The Kier molecular flexibility index (Phi) is 6.13. The van der Waals surface area contributed by atoms with Crippen molar-refractivity contribution in [2.45, 2.75) is 31.3 Å². The third-order valence-electron chi connectivity index (χ3n) is 4.84. The van der Waals surface area contributed by atoms with Crippen LogP contribution < -0.4 is 4.74 Å². The average molecular weight is 417 g/mol. The van der Waals surface area contributed by atoms with E-state index in [2.05, 4.69) is 4.98 Å². The second-order valence-electron chi connectivity index (χ2n) is 7.09. The smallest absolute Gasteiger partial charge is 0.187 e. The lowest BCUT2D eigenvalue weighted by Crippen LogP contribution is -2.37. The Morgan fingerprint density at radius 1 is 1.24 bits per heavy atom. The van der Waals surface area contributed by atoms with E-state index in [1.165, 1.54) is 12.1 Å². The van der Waals surface area contributed by atoms with Gasteiger partial charge in [-0.05, 0) is 42.3 Å². The highest BCUT2D eigenvalue weighted by Gasteiger charge is 2.42. The maximum absolute atomic E-state index is 13.2. The Morgan fingerprint density at radius 2 is 2.10 bits per heavy atom. The van der Waals surface area contributed by atoms with Crippen molar-refractivity contribution in [3.63, 3.8) is 0 Å². The Labute approximate surface area is 174 Å². The van der Waals surface area contributed by atoms with Gasteiger partial charge in [0.25, 0.3) is 0 Å². The predicted octanol–water partition coefficient (Wildman–Crippen LogP) is 4.50. The lowest BCUT2D eigenvalue weighted by molar-refractivity contribution is -0.184. The molecule has 0 spiro atoms. The van der Waals surface area contributed by atoms with E-state index in [9.17, 15) is 4.39 Å². The molecule has 1 aliphatic rings. The summed E-state index contributed by atoms with van der Waals surface area (Å²) in [5.74, 6) is -0.342. The van der Waals surface area contributed by atoms with E-state index < -0.39 is 5.79 Å². The number of aromatic nitrogens is 2. The molecule has 0 amide bonds. The van der Waals surface area contributed by atoms with E-state index in [0.29, 0.717) is 43.4 Å². The second-order valence-corrected chi connectivity index (χ2v) is 7.53. The minimum Gasteiger partial charge on any atom is -0.491 e. The van der Waals surface area contributed by atoms with Crippen LogP contribution >= 0.6 is 11.6 Å². The molecule has 152 valence electrons. The summed E-state index contributed by atoms with van der Waals surface area (Å²) in [5.41, 5.74) is 1.03. The first-order valence-corrected chi connectivity index (χ1v) is 9.88. The number of imidazole rings is 1. The summed E-state index contributed by atoms with van der Waals surface area (Å²) in [7, 11) is 0. The molecule has 7 heteroatoms. The minimum atomic E-state index is -0.794. The lowest BCUT2D eigenvalue weighted by atomic mass is 10.0. The van der Waals surface area contributed by atoms with Gasteiger partial charge in [-0.1, -0.05) is 29.8 Å². The van der Waals surface area contributed by atoms with Crippen LogP contribution in [0.15, 0.2) is 67.3 Å². The van der Waals surface area contributed by atoms with Crippen LogP contribution in [0, 0.1) is 5.82 Å². The van der Waals surface area contributed by atoms with Crippen molar-refractivity contribution in [3.05, 3.63) is 83.7 Å². The van der Waals surface area contributed by atoms with Crippen LogP contribution in [0.2, 0.25) is 5.02 Å². The third kappa shape index (κ3) is 5.35. The van der Waals surface area contributed by atoms with Gasteiger partial charge in [0.2, 0.25) is 0 Å². The van der Waals surface area contributed by atoms with Gasteiger partial charge in [-0.25, -0.2) is 9.37 Å². The molecule has 0 radical (unpaired) electrons. The first-order chi connectivity index (χ1) is 14.1. The van der Waals surface area contributed by atoms with Crippen molar-refractivity contribution >= 4 is 11.6 Å². The molecule has 29 heavy (non-hydrogen) atoms. The molecule has 4 rings (SSSR count). The van der Waals surface area contributed by atoms with Gasteiger partial charge in [-0.2, -0.15) is 0 Å². The molecule has 5 nitrogen and oxygen atoms in total. The molecule has 1 fully saturated rings. The number of nitrogens with zero attached hydrogens (tertiary/aromatic N) is 2. The SMILES string of the molecule is Fc1ccc(CCC2(Cn3ccnc3)OCC(COc3cccc(Cl)c3)O2)cc1. The summed E-state index contributed by atoms with van der Waals surface area (Å²) in [6.45, 7) is 1.31. The van der Waals surface area contributed by atoms with E-state index in [0.717, 1.165) is 5.56 Å². The molecule has 0 saturated carbocycles. The number of rotatable bonds is 8. The molecule has 3 aromatic rings. The van der Waals surface area contributed by atoms with Crippen molar-refractivity contribution in [2.75, 3.05) is 13.2 Å². The fraction of sp³-hybridized carbons (Fsp3) is 0.318. The van der Waals surface area contributed by atoms with Crippen LogP contribution in [0.4, 0.5) is 4.39 Å². The highest BCUT2D eigenvalue weighted by molar-refractivity contribution is 6.30. The van der Waals surface area contributed by atoms with Gasteiger partial charge in [0.15, 0.2) is 5.79 Å². The van der Waals surface area contributed by atoms with Gasteiger partial charge >= 0.3 is 0 Å². The summed E-state index contributed by atoms with van der Waals surface area (Å²) in [6.07, 6.45) is 6.47. The topological polar surface area (TPSA) is 45.5 Å². The van der Waals surface area contributed by atoms with Gasteiger partial charge in [0.1, 0.15) is 24.3 Å². The van der Waals surface area contributed by atoms with Crippen molar-refractivity contribution < 1.29 is 18.6 Å². The fourth-order valence-electron chi connectivity index (χ4n) is 3.38. The molecule has 2 aromatic carbocycles. The van der Waals surface area contributed by atoms with Crippen molar-refractivity contribution in [1.29, 1.82) is 0 Å². The fourth-order valence-corrected chi connectivity index (χ4v) is 3.56. The van der Waals surface area contributed by atoms with Crippen molar-refractivity contribution in [3.8, 4) is 5.75 Å². The number of hydrogen-bond donors (Lipinski definition) is 0. The molecular formula is C22H22ClFN2O3. The standard InChI is InChI=1S/C22H22ClFN2O3/c23-18-2-1-3-20(12-18)27-13-21-14-28-22(29-21,15-26-11-10-25-16-26)9-8-17-4-6-19(24)7-5-17/h1-7,10-12,16,21H,8-9,13-15H2. The lowest BCUT2D eigenvalue weighted by Gasteiger charge is -2.28. The quantitative estimate of drug-likeness (QED) is 0.542. The molecule has 2 heterocycles. The number of halogens is 2. The largest absolute Gasteiger partial charge is 0.491 e. The molecule has 1 aliphatic heterocycles. The molecular weight excluding hydrogens is 395 g/mol. The zero-order valence-electron chi connectivity index (χ0n) is 15.8. The maximum atomic E-state index is 13.2. The van der Waals surface area contributed by atoms with Crippen LogP contribution in [0.5, 0.6) is 5.75 Å². The molecule has 2 atom stereocenters. The van der Waals surface area contributed by atoms with Crippen LogP contribution in [0.1, 0.15) is 12.0 Å². The Morgan fingerprint density at radius 3 is 2.86 bits per heavy atom. The summed E-state index contributed by atoms with van der Waals surface area (Å²) in [4.78, 5) is 4.10. The molecule has 2 unspecified atom stereocenters. The third-order valence-corrected chi connectivity index (χ3v) is 5.07. The predicted molar refractivity (Wildman–Crippen MR) is 107 cm³/mol. The second kappa shape index (κ2) is 8.95. The number of ether oxygens (including phenoxy) is 3. The summed E-state index contributed by atoms with van der Waals surface area (Å²) >= 11 is 6.01. The van der Waals surface area contributed by atoms with E-state index in [1.807, 2.05) is 22.9 Å². The van der Waals surface area contributed by atoms with Crippen molar-refractivity contribution in [2.24, 2.45) is 0 Å². The van der Waals surface area contributed by atoms with E-state index >= 15 is 0 Å². The Balaban J connectivity index is 1.41. The number of hydrogen-bond acceptors (Lipinski definition) is 4. The van der Waals surface area contributed by atoms with Crippen molar-refractivity contribution in [1.82, 2.24) is 9.55 Å². The highest BCUT2D eigenvalue weighted by Crippen LogP contribution is 2.31. The summed E-state index contributed by atoms with van der Waals surface area (Å²) in [6, 6.07) is 13.8. The van der Waals surface area contributed by atoms with Gasteiger partial charge in [0.05, 0.1) is 19.5 Å². The van der Waals surface area contributed by atoms with Gasteiger partial charge in [-0.15, -0.1) is 0 Å². The zero-order chi connectivity index (χ0) is 20.1. The van der Waals surface area contributed by atoms with Gasteiger partial charge in [-0.3, -0.25) is 0 Å². The Bertz CT molecular complexity index is 920. The van der Waals surface area contributed by atoms with E-state index in [1.54, 1.807) is 36.8 Å². The molecule has 1 aromatic heterocycles. The van der Waals surface area contributed by atoms with E-state index in [-0.39, 0.29) is 11.9 Å². The number of aryl methyl sites for hydroxylation is 1. The van der Waals surface area contributed by atoms with Crippen LogP contribution in [-0.4, -0.2) is 34.7 Å². The van der Waals surface area contributed by atoms with E-state index in [4.69, 9.17) is 25.8 Å². The monoisotopic (exact) mass is 416 g/mol. The molecule has 0 bridgehead atoms. The van der Waals surface area contributed by atoms with Crippen LogP contribution in [0.3, 0.4) is 0 Å². The summed E-state index contributed by atoms with van der Waals surface area (Å²) < 4.78 is 33.4. The Hall–Kier alpha value is -2.41. The van der Waals surface area contributed by atoms with Gasteiger partial charge < -0.3 is 18.8 Å². The highest BCUT2D eigenvalue weighted by atomic mass is 35.5. The zero-order valence-corrected chi connectivity index (χ0v) is 16.6. The number of benzene rings is 2. The normalized spacial score (nSPS) is 21.4. The summed E-state index contributed by atoms with van der Waals surface area (Å²) in [5, 5.41) is 0.625. The van der Waals surface area contributed by atoms with Gasteiger partial charge in [0, 0.05) is 23.8 Å². The minimum absolute atomic E-state index is 0.203. The first kappa shape index (κ1) is 19.9. The average Bonchev–Trinajstić information content (AvgIpc) is 3.37. The molecule has 0 aliphatic carbocycles. The molecule has 1 saturated heterocycles. The maximum Gasteiger partial charge on any atom is 0.187 e. The molecule has 0 N–H and O–H groups in total. The van der Waals surface area contributed by atoms with Crippen LogP contribution in [0.25, 0.3) is 0 Å². The van der Waals surface area contributed by atoms with Crippen LogP contribution in [-0.2, 0) is 22.4 Å².